The molecular weight excluding hydrogens is 532 g/mol. The number of fused-ring (bicyclic) bond motifs is 3. The molecule has 1 atom stereocenters. The number of carbonyl (C=O) groups is 2. The van der Waals surface area contributed by atoms with Crippen molar-refractivity contribution in [3.8, 4) is 5.75 Å². The first-order valence-corrected chi connectivity index (χ1v) is 14.3. The van der Waals surface area contributed by atoms with Gasteiger partial charge in [-0.1, -0.05) is 35.8 Å². The molecule has 0 radical (unpaired) electrons. The van der Waals surface area contributed by atoms with Crippen LogP contribution in [0.1, 0.15) is 64.9 Å². The average Bonchev–Trinajstić information content (AvgIpc) is 3.61. The summed E-state index contributed by atoms with van der Waals surface area (Å²) in [5.41, 5.74) is 2.27. The largest absolute Gasteiger partial charge is 0.490 e. The predicted octanol–water partition coefficient (Wildman–Crippen LogP) is 5.97. The van der Waals surface area contributed by atoms with Crippen molar-refractivity contribution in [1.29, 1.82) is 0 Å². The smallest absolute Gasteiger partial charge is 0.242 e. The quantitative estimate of drug-likeness (QED) is 0.422. The van der Waals surface area contributed by atoms with Gasteiger partial charge in [0.25, 0.3) is 0 Å². The highest BCUT2D eigenvalue weighted by molar-refractivity contribution is 9.10. The Hall–Kier alpha value is -2.87. The maximum Gasteiger partial charge on any atom is 0.242 e. The lowest BCUT2D eigenvalue weighted by Crippen LogP contribution is -2.48. The molecule has 0 bridgehead atoms. The van der Waals surface area contributed by atoms with Crippen molar-refractivity contribution >= 4 is 44.3 Å². The van der Waals surface area contributed by atoms with Gasteiger partial charge in [-0.2, -0.15) is 5.10 Å². The van der Waals surface area contributed by atoms with Gasteiger partial charge in [0.2, 0.25) is 11.8 Å². The van der Waals surface area contributed by atoms with E-state index in [0.29, 0.717) is 12.8 Å². The number of halogens is 1. The van der Waals surface area contributed by atoms with E-state index in [1.54, 1.807) is 11.1 Å². The van der Waals surface area contributed by atoms with Crippen LogP contribution in [0.2, 0.25) is 0 Å². The highest BCUT2D eigenvalue weighted by atomic mass is 79.9. The van der Waals surface area contributed by atoms with Crippen molar-refractivity contribution < 1.29 is 14.3 Å². The van der Waals surface area contributed by atoms with Gasteiger partial charge in [0, 0.05) is 33.7 Å². The van der Waals surface area contributed by atoms with Gasteiger partial charge >= 0.3 is 0 Å². The second-order valence-electron chi connectivity index (χ2n) is 10.1. The molecule has 1 N–H and O–H groups in total. The van der Waals surface area contributed by atoms with E-state index in [9.17, 15) is 9.59 Å². The number of aromatic nitrogens is 2. The molecule has 7 nitrogen and oxygen atoms in total. The zero-order valence-electron chi connectivity index (χ0n) is 21.8. The number of nitrogens with zero attached hydrogens (tertiary/aromatic N) is 3. The van der Waals surface area contributed by atoms with Gasteiger partial charge in [0.05, 0.1) is 23.2 Å². The van der Waals surface area contributed by atoms with Crippen molar-refractivity contribution in [2.24, 2.45) is 0 Å². The minimum absolute atomic E-state index is 0.0398. The first-order valence-electron chi connectivity index (χ1n) is 13.5. The van der Waals surface area contributed by atoms with Crippen molar-refractivity contribution in [1.82, 2.24) is 15.1 Å². The molecule has 1 unspecified atom stereocenters. The van der Waals surface area contributed by atoms with Gasteiger partial charge in [-0.3, -0.25) is 14.7 Å². The third-order valence-corrected chi connectivity index (χ3v) is 8.74. The molecule has 8 heteroatoms. The summed E-state index contributed by atoms with van der Waals surface area (Å²) < 4.78 is 7.26. The van der Waals surface area contributed by atoms with Crippen LogP contribution >= 0.6 is 15.9 Å². The van der Waals surface area contributed by atoms with Crippen molar-refractivity contribution in [2.75, 3.05) is 18.0 Å². The molecule has 1 saturated carbocycles. The number of carbonyl (C=O) groups excluding carboxylic acids is 2. The fraction of sp³-hybridized carbons (Fsp3) is 0.483. The minimum atomic E-state index is -0.610. The van der Waals surface area contributed by atoms with Gasteiger partial charge in [-0.05, 0) is 75.8 Å². The van der Waals surface area contributed by atoms with Gasteiger partial charge in [-0.15, -0.1) is 0 Å². The van der Waals surface area contributed by atoms with Gasteiger partial charge in [0.15, 0.2) is 0 Å². The van der Waals surface area contributed by atoms with Crippen molar-refractivity contribution in [3.05, 3.63) is 52.6 Å². The Balaban J connectivity index is 0.00000137. The summed E-state index contributed by atoms with van der Waals surface area (Å²) in [6.07, 6.45) is 6.85. The summed E-state index contributed by atoms with van der Waals surface area (Å²) in [6, 6.07) is 12.1. The van der Waals surface area contributed by atoms with Crippen LogP contribution in [-0.2, 0) is 15.0 Å². The number of anilines is 1. The van der Waals surface area contributed by atoms with E-state index in [2.05, 4.69) is 33.1 Å². The van der Waals surface area contributed by atoms with Gasteiger partial charge < -0.3 is 14.5 Å². The molecule has 2 aromatic carbocycles. The molecular formula is C29H35BrN4O3. The van der Waals surface area contributed by atoms with Crippen LogP contribution in [0.4, 0.5) is 5.69 Å². The van der Waals surface area contributed by atoms with Crippen LogP contribution in [0.25, 0.3) is 10.9 Å². The van der Waals surface area contributed by atoms with Crippen LogP contribution in [0.5, 0.6) is 5.75 Å². The number of aromatic amines is 1. The second-order valence-corrected chi connectivity index (χ2v) is 11.0. The minimum Gasteiger partial charge on any atom is -0.490 e. The Kier molecular flexibility index (Phi) is 7.30. The third-order valence-electron chi connectivity index (χ3n) is 8.08. The van der Waals surface area contributed by atoms with E-state index in [4.69, 9.17) is 4.74 Å². The number of H-pyrrole nitrogens is 1. The second kappa shape index (κ2) is 10.5. The lowest BCUT2D eigenvalue weighted by molar-refractivity contribution is -0.133. The molecule has 3 aromatic rings. The first kappa shape index (κ1) is 25.8. The highest BCUT2D eigenvalue weighted by Crippen LogP contribution is 2.53. The lowest BCUT2D eigenvalue weighted by Gasteiger charge is -2.37. The monoisotopic (exact) mass is 566 g/mol. The molecule has 1 spiro atoms. The van der Waals surface area contributed by atoms with Crippen molar-refractivity contribution in [2.45, 2.75) is 76.9 Å². The maximum atomic E-state index is 14.0. The standard InChI is InChI=1S/C27H29BrN4O3.C2H6/c1-17-4-3-13-31(17)24(33)16-32-23-6-2-5-21(28)25(23)27(26(32)34)11-9-19(10-12-27)35-20-7-8-22-18(14-20)15-29-30-22;1-2/h2,5-8,14-15,17,19H,3-4,9-13,16H2,1H3,(H,29,30);1-2H3. The molecule has 2 amide bonds. The maximum absolute atomic E-state index is 14.0. The molecule has 1 aromatic heterocycles. The molecule has 3 aliphatic rings. The predicted molar refractivity (Wildman–Crippen MR) is 149 cm³/mol. The number of hydrogen-bond acceptors (Lipinski definition) is 4. The lowest BCUT2D eigenvalue weighted by atomic mass is 9.69. The number of likely N-dealkylation sites (tertiary alicyclic amines) is 1. The molecule has 196 valence electrons. The number of hydrogen-bond donors (Lipinski definition) is 1. The molecule has 1 aliphatic carbocycles. The summed E-state index contributed by atoms with van der Waals surface area (Å²) in [7, 11) is 0. The van der Waals surface area contributed by atoms with Crippen LogP contribution in [0.15, 0.2) is 47.1 Å². The third kappa shape index (κ3) is 4.54. The average molecular weight is 568 g/mol. The number of amides is 2. The van der Waals surface area contributed by atoms with E-state index in [-0.39, 0.29) is 30.5 Å². The molecule has 3 heterocycles. The van der Waals surface area contributed by atoms with Crippen molar-refractivity contribution in [3.63, 3.8) is 0 Å². The highest BCUT2D eigenvalue weighted by Gasteiger charge is 2.54. The summed E-state index contributed by atoms with van der Waals surface area (Å²) in [5, 5.41) is 8.06. The Bertz CT molecular complexity index is 1300. The first-order chi connectivity index (χ1) is 18.0. The number of rotatable bonds is 4. The fourth-order valence-electron chi connectivity index (χ4n) is 6.23. The number of benzene rings is 2. The van der Waals surface area contributed by atoms with Gasteiger partial charge in [-0.25, -0.2) is 0 Å². The number of nitrogens with one attached hydrogen (secondary N) is 1. The Morgan fingerprint density at radius 2 is 1.97 bits per heavy atom. The molecule has 37 heavy (non-hydrogen) atoms. The summed E-state index contributed by atoms with van der Waals surface area (Å²) in [6.45, 7) is 6.98. The Morgan fingerprint density at radius 3 is 2.70 bits per heavy atom. The zero-order chi connectivity index (χ0) is 26.2. The SMILES string of the molecule is CC.CC1CCCN1C(=O)CN1C(=O)C2(CCC(Oc3ccc4[nH]ncc4c3)CC2)c2c(Br)cccc21. The van der Waals surface area contributed by atoms with Crippen LogP contribution in [0, 0.1) is 0 Å². The van der Waals surface area contributed by atoms with Crippen LogP contribution < -0.4 is 9.64 Å². The fourth-order valence-corrected chi connectivity index (χ4v) is 6.96. The van der Waals surface area contributed by atoms with E-state index in [1.165, 1.54) is 0 Å². The molecule has 1 saturated heterocycles. The summed E-state index contributed by atoms with van der Waals surface area (Å²) in [4.78, 5) is 30.8. The topological polar surface area (TPSA) is 78.5 Å². The Labute approximate surface area is 226 Å². The van der Waals surface area contributed by atoms with Gasteiger partial charge in [0.1, 0.15) is 12.3 Å². The van der Waals surface area contributed by atoms with E-state index in [0.717, 1.165) is 64.6 Å². The number of ether oxygens (including phenoxy) is 1. The molecule has 2 fully saturated rings. The van der Waals surface area contributed by atoms with E-state index < -0.39 is 5.41 Å². The Morgan fingerprint density at radius 1 is 1.19 bits per heavy atom. The van der Waals surface area contributed by atoms with E-state index in [1.807, 2.05) is 55.1 Å². The van der Waals surface area contributed by atoms with Crippen LogP contribution in [0.3, 0.4) is 0 Å². The molecule has 6 rings (SSSR count). The zero-order valence-corrected chi connectivity index (χ0v) is 23.4. The normalized spacial score (nSPS) is 24.8. The van der Waals surface area contributed by atoms with Crippen LogP contribution in [-0.4, -0.2) is 52.1 Å². The summed E-state index contributed by atoms with van der Waals surface area (Å²) >= 11 is 3.73. The summed E-state index contributed by atoms with van der Waals surface area (Å²) in [5.74, 6) is 0.919. The van der Waals surface area contributed by atoms with E-state index >= 15 is 0 Å². The molecule has 2 aliphatic heterocycles.